The highest BCUT2D eigenvalue weighted by molar-refractivity contribution is 14.0. The molecule has 1 saturated heterocycles. The fourth-order valence-corrected chi connectivity index (χ4v) is 3.02. The number of nitrogens with one attached hydrogen (secondary N) is 2. The average molecular weight is 455 g/mol. The predicted octanol–water partition coefficient (Wildman–Crippen LogP) is 1.47. The summed E-state index contributed by atoms with van der Waals surface area (Å²) in [4.78, 5) is 9.19. The number of likely N-dealkylation sites (tertiary alicyclic amines) is 1. The number of hydrogen-bond donors (Lipinski definition) is 2. The van der Waals surface area contributed by atoms with E-state index in [-0.39, 0.29) is 24.0 Å². The van der Waals surface area contributed by atoms with Crippen molar-refractivity contribution in [2.75, 3.05) is 73.6 Å². The van der Waals surface area contributed by atoms with E-state index in [0.717, 1.165) is 51.1 Å². The number of nitrogens with zero attached hydrogens (tertiary/aromatic N) is 3. The van der Waals surface area contributed by atoms with Gasteiger partial charge in [0.2, 0.25) is 0 Å². The van der Waals surface area contributed by atoms with Crippen molar-refractivity contribution in [2.45, 2.75) is 26.2 Å². The van der Waals surface area contributed by atoms with Gasteiger partial charge in [0.25, 0.3) is 0 Å². The van der Waals surface area contributed by atoms with Gasteiger partial charge < -0.3 is 25.2 Å². The molecule has 2 N–H and O–H groups in total. The number of aliphatic imine (C=N–C) groups is 1. The van der Waals surface area contributed by atoms with E-state index in [2.05, 4.69) is 39.4 Å². The Morgan fingerprint density at radius 1 is 1.33 bits per heavy atom. The normalized spacial score (nSPS) is 19.2. The number of piperidine rings is 1. The Hall–Kier alpha value is -0.120. The molecule has 1 atom stereocenters. The number of likely N-dealkylation sites (N-methyl/N-ethyl adjacent to an activating group) is 1. The Bertz CT molecular complexity index is 330. The summed E-state index contributed by atoms with van der Waals surface area (Å²) in [6, 6.07) is 0. The molecular weight excluding hydrogens is 417 g/mol. The first kappa shape index (κ1) is 23.9. The lowest BCUT2D eigenvalue weighted by Crippen LogP contribution is -2.45. The smallest absolute Gasteiger partial charge is 0.191 e. The number of methoxy groups -OCH3 is 1. The molecule has 0 radical (unpaired) electrons. The largest absolute Gasteiger partial charge is 0.385 e. The third-order valence-electron chi connectivity index (χ3n) is 4.51. The van der Waals surface area contributed by atoms with Crippen LogP contribution < -0.4 is 10.6 Å². The Morgan fingerprint density at radius 3 is 2.79 bits per heavy atom. The maximum atomic E-state index is 5.08. The Kier molecular flexibility index (Phi) is 15.1. The van der Waals surface area contributed by atoms with Crippen LogP contribution in [0.3, 0.4) is 0 Å². The van der Waals surface area contributed by atoms with Gasteiger partial charge in [-0.1, -0.05) is 6.92 Å². The van der Waals surface area contributed by atoms with E-state index in [1.807, 2.05) is 7.05 Å². The predicted molar refractivity (Wildman–Crippen MR) is 114 cm³/mol. The van der Waals surface area contributed by atoms with Crippen molar-refractivity contribution in [3.8, 4) is 0 Å². The maximum absolute atomic E-state index is 5.08. The lowest BCUT2D eigenvalue weighted by molar-refractivity contribution is 0.179. The minimum absolute atomic E-state index is 0. The average Bonchev–Trinajstić information content (AvgIpc) is 2.58. The quantitative estimate of drug-likeness (QED) is 0.226. The van der Waals surface area contributed by atoms with Gasteiger partial charge >= 0.3 is 0 Å². The second kappa shape index (κ2) is 15.2. The van der Waals surface area contributed by atoms with Gasteiger partial charge in [-0.2, -0.15) is 0 Å². The molecule has 1 unspecified atom stereocenters. The second-order valence-electron chi connectivity index (χ2n) is 6.43. The molecule has 0 saturated carbocycles. The SMILES string of the molecule is CCN1CCCC(CNC(=NC)NCCN(C)CCCOC)C1.I. The van der Waals surface area contributed by atoms with E-state index in [1.54, 1.807) is 7.11 Å². The van der Waals surface area contributed by atoms with Gasteiger partial charge in [-0.15, -0.1) is 24.0 Å². The van der Waals surface area contributed by atoms with Crippen LogP contribution in [0.25, 0.3) is 0 Å². The van der Waals surface area contributed by atoms with Crippen molar-refractivity contribution in [3.05, 3.63) is 0 Å². The third-order valence-corrected chi connectivity index (χ3v) is 4.51. The molecule has 0 aromatic heterocycles. The van der Waals surface area contributed by atoms with E-state index >= 15 is 0 Å². The molecular formula is C17H38IN5O. The number of hydrogen-bond acceptors (Lipinski definition) is 4. The molecule has 0 bridgehead atoms. The van der Waals surface area contributed by atoms with Crippen LogP contribution in [0.4, 0.5) is 0 Å². The molecule has 0 aromatic carbocycles. The topological polar surface area (TPSA) is 52.1 Å². The van der Waals surface area contributed by atoms with Gasteiger partial charge in [-0.05, 0) is 45.3 Å². The Balaban J connectivity index is 0.00000529. The molecule has 7 heteroatoms. The monoisotopic (exact) mass is 455 g/mol. The fourth-order valence-electron chi connectivity index (χ4n) is 3.02. The first-order valence-electron chi connectivity index (χ1n) is 9.04. The number of ether oxygens (including phenoxy) is 1. The van der Waals surface area contributed by atoms with E-state index in [0.29, 0.717) is 0 Å². The molecule has 24 heavy (non-hydrogen) atoms. The van der Waals surface area contributed by atoms with Crippen LogP contribution in [0, 0.1) is 5.92 Å². The fraction of sp³-hybridized carbons (Fsp3) is 0.941. The standard InChI is InChI=1S/C17H37N5O.HI/c1-5-22-11-6-8-16(15-22)14-20-17(18-2)19-9-12-21(3)10-7-13-23-4;/h16H,5-15H2,1-4H3,(H2,18,19,20);1H. The summed E-state index contributed by atoms with van der Waals surface area (Å²) in [6.45, 7) is 10.7. The highest BCUT2D eigenvalue weighted by Gasteiger charge is 2.18. The summed E-state index contributed by atoms with van der Waals surface area (Å²) >= 11 is 0. The van der Waals surface area contributed by atoms with E-state index in [1.165, 1.54) is 32.5 Å². The molecule has 144 valence electrons. The van der Waals surface area contributed by atoms with Crippen LogP contribution in [0.1, 0.15) is 26.2 Å². The van der Waals surface area contributed by atoms with E-state index in [9.17, 15) is 0 Å². The van der Waals surface area contributed by atoms with Crippen molar-refractivity contribution in [2.24, 2.45) is 10.9 Å². The minimum atomic E-state index is 0. The van der Waals surface area contributed by atoms with E-state index < -0.39 is 0 Å². The molecule has 6 nitrogen and oxygen atoms in total. The van der Waals surface area contributed by atoms with Crippen molar-refractivity contribution in [3.63, 3.8) is 0 Å². The van der Waals surface area contributed by atoms with Gasteiger partial charge in [-0.25, -0.2) is 0 Å². The lowest BCUT2D eigenvalue weighted by atomic mass is 9.98. The molecule has 1 rings (SSSR count). The maximum Gasteiger partial charge on any atom is 0.191 e. The Morgan fingerprint density at radius 2 is 2.12 bits per heavy atom. The highest BCUT2D eigenvalue weighted by atomic mass is 127. The van der Waals surface area contributed by atoms with Crippen LogP contribution in [-0.4, -0.2) is 89.4 Å². The molecule has 0 aliphatic carbocycles. The van der Waals surface area contributed by atoms with Crippen LogP contribution in [0.5, 0.6) is 0 Å². The molecule has 0 spiro atoms. The molecule has 0 amide bonds. The number of halogens is 1. The summed E-state index contributed by atoms with van der Waals surface area (Å²) in [5.74, 6) is 1.66. The summed E-state index contributed by atoms with van der Waals surface area (Å²) in [5, 5.41) is 6.89. The Labute approximate surface area is 165 Å². The van der Waals surface area contributed by atoms with Gasteiger partial charge in [0.15, 0.2) is 5.96 Å². The first-order valence-corrected chi connectivity index (χ1v) is 9.04. The van der Waals surface area contributed by atoms with Gasteiger partial charge in [0, 0.05) is 53.5 Å². The summed E-state index contributed by atoms with van der Waals surface area (Å²) in [6.07, 6.45) is 3.72. The second-order valence-corrected chi connectivity index (χ2v) is 6.43. The number of guanidine groups is 1. The van der Waals surface area contributed by atoms with Crippen LogP contribution in [0.2, 0.25) is 0 Å². The van der Waals surface area contributed by atoms with E-state index in [4.69, 9.17) is 4.74 Å². The zero-order valence-corrected chi connectivity index (χ0v) is 18.3. The number of rotatable bonds is 10. The minimum Gasteiger partial charge on any atom is -0.385 e. The summed E-state index contributed by atoms with van der Waals surface area (Å²) in [5.41, 5.74) is 0. The van der Waals surface area contributed by atoms with Crippen molar-refractivity contribution >= 4 is 29.9 Å². The van der Waals surface area contributed by atoms with Gasteiger partial charge in [0.1, 0.15) is 0 Å². The molecule has 1 fully saturated rings. The molecule has 1 heterocycles. The highest BCUT2D eigenvalue weighted by Crippen LogP contribution is 2.14. The zero-order valence-electron chi connectivity index (χ0n) is 16.0. The summed E-state index contributed by atoms with van der Waals surface area (Å²) in [7, 11) is 5.75. The molecule has 1 aliphatic rings. The zero-order chi connectivity index (χ0) is 16.9. The summed E-state index contributed by atoms with van der Waals surface area (Å²) < 4.78 is 5.08. The van der Waals surface area contributed by atoms with Crippen molar-refractivity contribution in [1.82, 2.24) is 20.4 Å². The van der Waals surface area contributed by atoms with Crippen molar-refractivity contribution in [1.29, 1.82) is 0 Å². The van der Waals surface area contributed by atoms with Crippen LogP contribution in [-0.2, 0) is 4.74 Å². The molecule has 0 aromatic rings. The molecule has 1 aliphatic heterocycles. The van der Waals surface area contributed by atoms with Crippen molar-refractivity contribution < 1.29 is 4.74 Å². The van der Waals surface area contributed by atoms with Crippen LogP contribution in [0.15, 0.2) is 4.99 Å². The first-order chi connectivity index (χ1) is 11.2. The van der Waals surface area contributed by atoms with Gasteiger partial charge in [-0.3, -0.25) is 4.99 Å². The third kappa shape index (κ3) is 10.7. The van der Waals surface area contributed by atoms with Gasteiger partial charge in [0.05, 0.1) is 0 Å². The van der Waals surface area contributed by atoms with Crippen LogP contribution >= 0.6 is 24.0 Å². The lowest BCUT2D eigenvalue weighted by Gasteiger charge is -2.32.